The fourth-order valence-corrected chi connectivity index (χ4v) is 4.43. The fraction of sp³-hybridized carbons (Fsp3) is 0.350. The van der Waals surface area contributed by atoms with E-state index in [-0.39, 0.29) is 11.8 Å². The first-order valence-corrected chi connectivity index (χ1v) is 9.10. The first-order valence-electron chi connectivity index (χ1n) is 8.31. The zero-order chi connectivity index (χ0) is 16.8. The number of hydrogen-bond acceptors (Lipinski definition) is 2. The van der Waals surface area contributed by atoms with Crippen LogP contribution in [0.5, 0.6) is 0 Å². The van der Waals surface area contributed by atoms with Gasteiger partial charge in [-0.2, -0.15) is 0 Å². The zero-order valence-electron chi connectivity index (χ0n) is 13.6. The molecule has 1 unspecified atom stereocenters. The van der Waals surface area contributed by atoms with E-state index in [0.29, 0.717) is 18.4 Å². The molecule has 1 aliphatic heterocycles. The molecule has 1 amide bonds. The third kappa shape index (κ3) is 2.58. The van der Waals surface area contributed by atoms with Crippen molar-refractivity contribution in [3.8, 4) is 0 Å². The number of ether oxygens (including phenoxy) is 1. The van der Waals surface area contributed by atoms with Gasteiger partial charge in [0.1, 0.15) is 0 Å². The summed E-state index contributed by atoms with van der Waals surface area (Å²) in [6, 6.07) is 6.30. The van der Waals surface area contributed by atoms with Gasteiger partial charge in [-0.1, -0.05) is 34.7 Å². The Kier molecular flexibility index (Phi) is 3.97. The Morgan fingerprint density at radius 1 is 1.25 bits per heavy atom. The van der Waals surface area contributed by atoms with Gasteiger partial charge in [-0.05, 0) is 65.2 Å². The summed E-state index contributed by atoms with van der Waals surface area (Å²) in [5.41, 5.74) is 5.47. The van der Waals surface area contributed by atoms with E-state index in [1.54, 1.807) is 7.11 Å². The summed E-state index contributed by atoms with van der Waals surface area (Å²) in [5.74, 6) is 0.842. The van der Waals surface area contributed by atoms with Crippen molar-refractivity contribution in [2.45, 2.75) is 25.4 Å². The van der Waals surface area contributed by atoms with Gasteiger partial charge >= 0.3 is 0 Å². The van der Waals surface area contributed by atoms with Crippen LogP contribution >= 0.6 is 15.9 Å². The summed E-state index contributed by atoms with van der Waals surface area (Å²) in [5, 5.41) is 3.06. The average Bonchev–Trinajstić information content (AvgIpc) is 2.63. The van der Waals surface area contributed by atoms with Crippen LogP contribution in [0.25, 0.3) is 11.1 Å². The lowest BCUT2D eigenvalue weighted by molar-refractivity contribution is -0.122. The lowest BCUT2D eigenvalue weighted by Gasteiger charge is -2.42. The average molecular weight is 386 g/mol. The highest BCUT2D eigenvalue weighted by Gasteiger charge is 2.41. The number of halogens is 1. The largest absolute Gasteiger partial charge is 0.381 e. The van der Waals surface area contributed by atoms with Crippen LogP contribution in [0.1, 0.15) is 30.4 Å². The van der Waals surface area contributed by atoms with E-state index >= 15 is 0 Å². The molecule has 0 radical (unpaired) electrons. The van der Waals surface area contributed by atoms with E-state index in [1.807, 2.05) is 18.2 Å². The van der Waals surface area contributed by atoms with Crippen molar-refractivity contribution in [2.75, 3.05) is 7.11 Å². The summed E-state index contributed by atoms with van der Waals surface area (Å²) in [6.07, 6.45) is 6.94. The number of fused-ring (bicyclic) bond motifs is 2. The second-order valence-corrected chi connectivity index (χ2v) is 7.74. The summed E-state index contributed by atoms with van der Waals surface area (Å²) < 4.78 is 6.49. The Labute approximate surface area is 150 Å². The second-order valence-electron chi connectivity index (χ2n) is 6.82. The van der Waals surface area contributed by atoms with Crippen LogP contribution in [-0.4, -0.2) is 19.1 Å². The molecule has 4 heteroatoms. The van der Waals surface area contributed by atoms with E-state index in [1.165, 1.54) is 11.1 Å². The molecular formula is C20H20BrNO2. The number of methoxy groups -OCH3 is 1. The molecule has 0 saturated heterocycles. The van der Waals surface area contributed by atoms with Crippen LogP contribution in [0.15, 0.2) is 47.1 Å². The number of nitrogens with one attached hydrogen (secondary N) is 1. The van der Waals surface area contributed by atoms with Crippen LogP contribution < -0.4 is 5.32 Å². The predicted octanol–water partition coefficient (Wildman–Crippen LogP) is 4.30. The molecule has 124 valence electrons. The first kappa shape index (κ1) is 15.9. The Morgan fingerprint density at radius 2 is 2.04 bits per heavy atom. The van der Waals surface area contributed by atoms with Crippen molar-refractivity contribution >= 4 is 33.0 Å². The molecule has 24 heavy (non-hydrogen) atoms. The second kappa shape index (κ2) is 6.01. The maximum Gasteiger partial charge on any atom is 0.225 e. The van der Waals surface area contributed by atoms with Crippen LogP contribution in [0.2, 0.25) is 0 Å². The van der Waals surface area contributed by atoms with Gasteiger partial charge in [-0.15, -0.1) is 0 Å². The Hall–Kier alpha value is -1.65. The molecule has 1 heterocycles. The van der Waals surface area contributed by atoms with Crippen molar-refractivity contribution in [3.63, 3.8) is 0 Å². The van der Waals surface area contributed by atoms with Crippen LogP contribution in [0.4, 0.5) is 0 Å². The lowest BCUT2D eigenvalue weighted by atomic mass is 9.67. The van der Waals surface area contributed by atoms with E-state index in [9.17, 15) is 4.79 Å². The maximum absolute atomic E-state index is 12.3. The third-order valence-corrected chi connectivity index (χ3v) is 5.94. The molecule has 1 saturated carbocycles. The van der Waals surface area contributed by atoms with E-state index in [2.05, 4.69) is 40.0 Å². The smallest absolute Gasteiger partial charge is 0.225 e. The number of carbonyl (C=O) groups excluding carboxylic acids is 1. The minimum atomic E-state index is 0.105. The quantitative estimate of drug-likeness (QED) is 0.823. The molecule has 1 N–H and O–H groups in total. The van der Waals surface area contributed by atoms with Gasteiger partial charge in [0.15, 0.2) is 0 Å². The SMILES string of the molecule is C=C1C=CC2=C(c3cc(Br)ccc31)C(C1CC(OC)C1)CC(=O)N2. The Balaban J connectivity index is 1.83. The number of hydrogen-bond donors (Lipinski definition) is 1. The van der Waals surface area contributed by atoms with Crippen molar-refractivity contribution < 1.29 is 9.53 Å². The molecule has 4 rings (SSSR count). The minimum Gasteiger partial charge on any atom is -0.381 e. The molecule has 1 aromatic rings. The highest BCUT2D eigenvalue weighted by atomic mass is 79.9. The van der Waals surface area contributed by atoms with Crippen LogP contribution in [0.3, 0.4) is 0 Å². The normalized spacial score (nSPS) is 28.7. The molecule has 3 nitrogen and oxygen atoms in total. The number of rotatable bonds is 2. The fourth-order valence-electron chi connectivity index (χ4n) is 4.07. The molecule has 2 aliphatic carbocycles. The summed E-state index contributed by atoms with van der Waals surface area (Å²) in [7, 11) is 1.77. The molecule has 0 aromatic heterocycles. The molecule has 3 aliphatic rings. The number of allylic oxidation sites excluding steroid dienone is 4. The Morgan fingerprint density at radius 3 is 2.79 bits per heavy atom. The van der Waals surface area contributed by atoms with Crippen molar-refractivity contribution in [3.05, 3.63) is 58.2 Å². The summed E-state index contributed by atoms with van der Waals surface area (Å²) in [4.78, 5) is 12.3. The van der Waals surface area contributed by atoms with Crippen molar-refractivity contribution in [1.29, 1.82) is 0 Å². The topological polar surface area (TPSA) is 38.3 Å². The molecule has 1 aromatic carbocycles. The van der Waals surface area contributed by atoms with Gasteiger partial charge in [-0.3, -0.25) is 4.79 Å². The minimum absolute atomic E-state index is 0.105. The third-order valence-electron chi connectivity index (χ3n) is 5.44. The van der Waals surface area contributed by atoms with Crippen molar-refractivity contribution in [1.82, 2.24) is 5.32 Å². The van der Waals surface area contributed by atoms with E-state index in [4.69, 9.17) is 4.74 Å². The standard InChI is InChI=1S/C20H20BrNO2/c1-11-3-6-18-20(17-9-13(21)4-5-15(11)17)16(10-19(23)22-18)12-7-14(8-12)24-2/h3-6,9,12,14,16H,1,7-8,10H2,2H3,(H,22,23). The van der Waals surface area contributed by atoms with E-state index in [0.717, 1.165) is 34.1 Å². The van der Waals surface area contributed by atoms with Gasteiger partial charge in [0.05, 0.1) is 6.10 Å². The number of benzene rings is 1. The molecule has 1 atom stereocenters. The van der Waals surface area contributed by atoms with Gasteiger partial charge < -0.3 is 10.1 Å². The monoisotopic (exact) mass is 385 g/mol. The maximum atomic E-state index is 12.3. The molecule has 0 bridgehead atoms. The van der Waals surface area contributed by atoms with Gasteiger partial charge in [-0.25, -0.2) is 0 Å². The van der Waals surface area contributed by atoms with Crippen molar-refractivity contribution in [2.24, 2.45) is 11.8 Å². The highest BCUT2D eigenvalue weighted by Crippen LogP contribution is 2.48. The van der Waals surface area contributed by atoms with Crippen LogP contribution in [-0.2, 0) is 9.53 Å². The molecular weight excluding hydrogens is 366 g/mol. The first-order chi connectivity index (χ1) is 11.6. The van der Waals surface area contributed by atoms with E-state index < -0.39 is 0 Å². The number of carbonyl (C=O) groups is 1. The van der Waals surface area contributed by atoms with Crippen LogP contribution in [0, 0.1) is 11.8 Å². The number of amides is 1. The summed E-state index contributed by atoms with van der Waals surface area (Å²) >= 11 is 3.59. The van der Waals surface area contributed by atoms with Gasteiger partial charge in [0, 0.05) is 23.7 Å². The highest BCUT2D eigenvalue weighted by molar-refractivity contribution is 9.10. The van der Waals surface area contributed by atoms with Gasteiger partial charge in [0.2, 0.25) is 5.91 Å². The van der Waals surface area contributed by atoms with Gasteiger partial charge in [0.25, 0.3) is 0 Å². The molecule has 1 fully saturated rings. The summed E-state index contributed by atoms with van der Waals surface area (Å²) in [6.45, 7) is 4.19. The predicted molar refractivity (Wildman–Crippen MR) is 99.0 cm³/mol. The molecule has 0 spiro atoms. The Bertz CT molecular complexity index is 787. The zero-order valence-corrected chi connectivity index (χ0v) is 15.2. The lowest BCUT2D eigenvalue weighted by Crippen LogP contribution is -2.41.